The number of ether oxygens (including phenoxy) is 1. The molecule has 2 fully saturated rings. The monoisotopic (exact) mass is 310 g/mol. The maximum absolute atomic E-state index is 12.1. The molecule has 4 heteroatoms. The number of carbonyl (C=O) groups is 1. The average Bonchev–Trinajstić information content (AvgIpc) is 2.56. The molecule has 0 aromatic heterocycles. The standard InChI is InChI=1S/C18H34N2O2/c1-20(15-16-9-4-2-5-10-16)18(21)19-13-8-14-22-17-11-6-3-7-12-17/h16-17H,2-15H2,1H3,(H,19,21). The highest BCUT2D eigenvalue weighted by Crippen LogP contribution is 2.24. The van der Waals surface area contributed by atoms with Gasteiger partial charge in [0.15, 0.2) is 0 Å². The van der Waals surface area contributed by atoms with Crippen molar-refractivity contribution in [2.24, 2.45) is 5.92 Å². The van der Waals surface area contributed by atoms with E-state index in [2.05, 4.69) is 5.32 Å². The molecule has 2 rings (SSSR count). The zero-order valence-electron chi connectivity index (χ0n) is 14.3. The highest BCUT2D eigenvalue weighted by molar-refractivity contribution is 5.73. The van der Waals surface area contributed by atoms with Crippen LogP contribution < -0.4 is 5.32 Å². The van der Waals surface area contributed by atoms with Gasteiger partial charge in [-0.3, -0.25) is 0 Å². The van der Waals surface area contributed by atoms with Gasteiger partial charge in [0.25, 0.3) is 0 Å². The number of urea groups is 1. The second kappa shape index (κ2) is 10.1. The van der Waals surface area contributed by atoms with Crippen LogP contribution in [-0.2, 0) is 4.74 Å². The third kappa shape index (κ3) is 6.55. The molecule has 2 saturated carbocycles. The number of rotatable bonds is 7. The normalized spacial score (nSPS) is 20.8. The topological polar surface area (TPSA) is 41.6 Å². The number of nitrogens with one attached hydrogen (secondary N) is 1. The van der Waals surface area contributed by atoms with Crippen molar-refractivity contribution in [3.63, 3.8) is 0 Å². The highest BCUT2D eigenvalue weighted by atomic mass is 16.5. The Balaban J connectivity index is 1.49. The number of amides is 2. The highest BCUT2D eigenvalue weighted by Gasteiger charge is 2.18. The molecule has 0 aromatic carbocycles. The van der Waals surface area contributed by atoms with E-state index in [0.29, 0.717) is 12.0 Å². The summed E-state index contributed by atoms with van der Waals surface area (Å²) in [6.45, 7) is 2.41. The van der Waals surface area contributed by atoms with Crippen LogP contribution in [-0.4, -0.2) is 43.8 Å². The Bertz CT molecular complexity index is 310. The lowest BCUT2D eigenvalue weighted by Gasteiger charge is -2.27. The summed E-state index contributed by atoms with van der Waals surface area (Å²) in [5.74, 6) is 0.708. The van der Waals surface area contributed by atoms with Crippen molar-refractivity contribution >= 4 is 6.03 Å². The molecule has 0 bridgehead atoms. The van der Waals surface area contributed by atoms with E-state index >= 15 is 0 Å². The summed E-state index contributed by atoms with van der Waals surface area (Å²) < 4.78 is 5.88. The fourth-order valence-electron chi connectivity index (χ4n) is 3.72. The van der Waals surface area contributed by atoms with E-state index in [1.807, 2.05) is 11.9 Å². The first-order chi connectivity index (χ1) is 10.8. The Kier molecular flexibility index (Phi) is 8.06. The molecule has 0 spiro atoms. The third-order valence-corrected chi connectivity index (χ3v) is 5.11. The van der Waals surface area contributed by atoms with E-state index in [-0.39, 0.29) is 6.03 Å². The van der Waals surface area contributed by atoms with Gasteiger partial charge in [-0.2, -0.15) is 0 Å². The summed E-state index contributed by atoms with van der Waals surface area (Å²) in [4.78, 5) is 13.9. The first-order valence-electron chi connectivity index (χ1n) is 9.36. The molecule has 0 saturated heterocycles. The van der Waals surface area contributed by atoms with Crippen molar-refractivity contribution in [1.29, 1.82) is 0 Å². The van der Waals surface area contributed by atoms with Crippen LogP contribution in [0.4, 0.5) is 4.79 Å². The van der Waals surface area contributed by atoms with E-state index < -0.39 is 0 Å². The largest absolute Gasteiger partial charge is 0.378 e. The molecule has 0 unspecified atom stereocenters. The fourth-order valence-corrected chi connectivity index (χ4v) is 3.72. The number of hydrogen-bond donors (Lipinski definition) is 1. The van der Waals surface area contributed by atoms with Gasteiger partial charge in [0.2, 0.25) is 0 Å². The maximum atomic E-state index is 12.1. The lowest BCUT2D eigenvalue weighted by Crippen LogP contribution is -2.40. The molecule has 4 nitrogen and oxygen atoms in total. The summed E-state index contributed by atoms with van der Waals surface area (Å²) >= 11 is 0. The lowest BCUT2D eigenvalue weighted by molar-refractivity contribution is 0.0274. The molecule has 0 aromatic rings. The summed E-state index contributed by atoms with van der Waals surface area (Å²) in [7, 11) is 1.92. The van der Waals surface area contributed by atoms with Crippen LogP contribution in [0.1, 0.15) is 70.6 Å². The van der Waals surface area contributed by atoms with Gasteiger partial charge < -0.3 is 15.0 Å². The van der Waals surface area contributed by atoms with Gasteiger partial charge in [-0.05, 0) is 38.0 Å². The quantitative estimate of drug-likeness (QED) is 0.723. The number of carbonyl (C=O) groups excluding carboxylic acids is 1. The van der Waals surface area contributed by atoms with Crippen LogP contribution in [0.25, 0.3) is 0 Å². The van der Waals surface area contributed by atoms with Crippen LogP contribution in [0.5, 0.6) is 0 Å². The molecule has 2 amide bonds. The Hall–Kier alpha value is -0.770. The molecule has 2 aliphatic carbocycles. The summed E-state index contributed by atoms with van der Waals surface area (Å²) in [6, 6.07) is 0.0724. The van der Waals surface area contributed by atoms with Crippen LogP contribution in [0.15, 0.2) is 0 Å². The van der Waals surface area contributed by atoms with Gasteiger partial charge in [0.05, 0.1) is 6.10 Å². The molecule has 2 aliphatic rings. The van der Waals surface area contributed by atoms with Gasteiger partial charge >= 0.3 is 6.03 Å². The van der Waals surface area contributed by atoms with Gasteiger partial charge in [0.1, 0.15) is 0 Å². The summed E-state index contributed by atoms with van der Waals surface area (Å²) in [5, 5.41) is 3.02. The zero-order chi connectivity index (χ0) is 15.6. The zero-order valence-corrected chi connectivity index (χ0v) is 14.3. The first-order valence-corrected chi connectivity index (χ1v) is 9.36. The summed E-state index contributed by atoms with van der Waals surface area (Å²) in [6.07, 6.45) is 14.4. The molecular formula is C18H34N2O2. The SMILES string of the molecule is CN(CC1CCCCC1)C(=O)NCCCOC1CCCCC1. The lowest BCUT2D eigenvalue weighted by atomic mass is 9.89. The van der Waals surface area contributed by atoms with Crippen LogP contribution in [0, 0.1) is 5.92 Å². The molecule has 1 N–H and O–H groups in total. The van der Waals surface area contributed by atoms with Crippen LogP contribution >= 0.6 is 0 Å². The van der Waals surface area contributed by atoms with Crippen molar-refractivity contribution in [2.45, 2.75) is 76.7 Å². The first kappa shape index (κ1) is 17.6. The number of nitrogens with zero attached hydrogens (tertiary/aromatic N) is 1. The Morgan fingerprint density at radius 2 is 1.68 bits per heavy atom. The van der Waals surface area contributed by atoms with Crippen molar-refractivity contribution in [3.05, 3.63) is 0 Å². The average molecular weight is 310 g/mol. The van der Waals surface area contributed by atoms with E-state index in [1.165, 1.54) is 64.2 Å². The van der Waals surface area contributed by atoms with Gasteiger partial charge in [-0.1, -0.05) is 38.5 Å². The van der Waals surface area contributed by atoms with Crippen LogP contribution in [0.3, 0.4) is 0 Å². The predicted octanol–water partition coefficient (Wildman–Crippen LogP) is 3.95. The minimum absolute atomic E-state index is 0.0724. The number of hydrogen-bond acceptors (Lipinski definition) is 2. The van der Waals surface area contributed by atoms with E-state index in [9.17, 15) is 4.79 Å². The molecule has 0 radical (unpaired) electrons. The molecular weight excluding hydrogens is 276 g/mol. The molecule has 0 heterocycles. The van der Waals surface area contributed by atoms with E-state index in [4.69, 9.17) is 4.74 Å². The van der Waals surface area contributed by atoms with Crippen molar-refractivity contribution in [1.82, 2.24) is 10.2 Å². The maximum Gasteiger partial charge on any atom is 0.317 e. The Morgan fingerprint density at radius 3 is 2.36 bits per heavy atom. The predicted molar refractivity (Wildman–Crippen MR) is 90.0 cm³/mol. The second-order valence-electron chi connectivity index (χ2n) is 7.10. The minimum Gasteiger partial charge on any atom is -0.378 e. The van der Waals surface area contributed by atoms with Crippen molar-refractivity contribution in [3.8, 4) is 0 Å². The fraction of sp³-hybridized carbons (Fsp3) is 0.944. The van der Waals surface area contributed by atoms with Gasteiger partial charge in [0, 0.05) is 26.7 Å². The molecule has 22 heavy (non-hydrogen) atoms. The molecule has 128 valence electrons. The van der Waals surface area contributed by atoms with Crippen LogP contribution in [0.2, 0.25) is 0 Å². The molecule has 0 aliphatic heterocycles. The second-order valence-corrected chi connectivity index (χ2v) is 7.10. The minimum atomic E-state index is 0.0724. The summed E-state index contributed by atoms with van der Waals surface area (Å²) in [5.41, 5.74) is 0. The Labute approximate surface area is 136 Å². The van der Waals surface area contributed by atoms with Crippen molar-refractivity contribution in [2.75, 3.05) is 26.7 Å². The molecule has 0 atom stereocenters. The Morgan fingerprint density at radius 1 is 1.05 bits per heavy atom. The smallest absolute Gasteiger partial charge is 0.317 e. The third-order valence-electron chi connectivity index (χ3n) is 5.11. The van der Waals surface area contributed by atoms with Gasteiger partial charge in [-0.15, -0.1) is 0 Å². The van der Waals surface area contributed by atoms with Gasteiger partial charge in [-0.25, -0.2) is 4.79 Å². The van der Waals surface area contributed by atoms with E-state index in [0.717, 1.165) is 26.1 Å². The van der Waals surface area contributed by atoms with E-state index in [1.54, 1.807) is 0 Å². The van der Waals surface area contributed by atoms with Crippen molar-refractivity contribution < 1.29 is 9.53 Å².